The number of pyridine rings is 1. The van der Waals surface area contributed by atoms with Crippen molar-refractivity contribution in [3.8, 4) is 23.1 Å². The predicted octanol–water partition coefficient (Wildman–Crippen LogP) is 2.68. The lowest BCUT2D eigenvalue weighted by Gasteiger charge is -2.11. The van der Waals surface area contributed by atoms with Gasteiger partial charge in [-0.2, -0.15) is 10.2 Å². The number of halogens is 1. The summed E-state index contributed by atoms with van der Waals surface area (Å²) in [5.41, 5.74) is 4.93. The minimum Gasteiger partial charge on any atom is -0.481 e. The number of nitrogens with one attached hydrogen (secondary N) is 1. The van der Waals surface area contributed by atoms with E-state index in [0.29, 0.717) is 17.3 Å². The molecule has 0 aliphatic carbocycles. The second kappa shape index (κ2) is 5.69. The monoisotopic (exact) mass is 318 g/mol. The number of hydrazine groups is 1. The molecule has 0 atom stereocenters. The van der Waals surface area contributed by atoms with Crippen LogP contribution in [0.25, 0.3) is 11.1 Å². The highest BCUT2D eigenvalue weighted by Gasteiger charge is 2.12. The van der Waals surface area contributed by atoms with Crippen molar-refractivity contribution in [1.29, 1.82) is 5.26 Å². The number of methoxy groups -OCH3 is 1. The maximum atomic E-state index is 8.80. The quantitative estimate of drug-likeness (QED) is 0.671. The van der Waals surface area contributed by atoms with Crippen LogP contribution in [-0.2, 0) is 0 Å². The lowest BCUT2D eigenvalue weighted by Crippen LogP contribution is -2.10. The second-order valence-electron chi connectivity index (χ2n) is 3.71. The van der Waals surface area contributed by atoms with Crippen LogP contribution in [0, 0.1) is 11.3 Å². The molecule has 0 fully saturated rings. The zero-order valence-electron chi connectivity index (χ0n) is 10.1. The Kier molecular flexibility index (Phi) is 4.00. The van der Waals surface area contributed by atoms with Crippen LogP contribution in [0.1, 0.15) is 5.56 Å². The number of nitrogens with zero attached hydrogens (tertiary/aromatic N) is 2. The molecule has 0 saturated heterocycles. The molecule has 5 nitrogen and oxygen atoms in total. The maximum Gasteiger partial charge on any atom is 0.215 e. The molecule has 2 rings (SSSR count). The fourth-order valence-corrected chi connectivity index (χ4v) is 2.19. The molecule has 0 saturated carbocycles. The molecule has 96 valence electrons. The average Bonchev–Trinajstić information content (AvgIpc) is 2.47. The first-order valence-corrected chi connectivity index (χ1v) is 6.20. The lowest BCUT2D eigenvalue weighted by atomic mass is 10.1. The van der Waals surface area contributed by atoms with Crippen molar-refractivity contribution in [1.82, 2.24) is 4.98 Å². The topological polar surface area (TPSA) is 84.0 Å². The third-order valence-corrected chi connectivity index (χ3v) is 3.41. The fourth-order valence-electron chi connectivity index (χ4n) is 1.64. The Morgan fingerprint density at radius 2 is 2.05 bits per heavy atom. The predicted molar refractivity (Wildman–Crippen MR) is 76.5 cm³/mol. The molecular formula is C13H11BrN4O. The van der Waals surface area contributed by atoms with Crippen LogP contribution in [-0.4, -0.2) is 12.1 Å². The minimum atomic E-state index is 0.454. The van der Waals surface area contributed by atoms with Gasteiger partial charge in [-0.05, 0) is 33.6 Å². The Balaban J connectivity index is 2.56. The maximum absolute atomic E-state index is 8.80. The van der Waals surface area contributed by atoms with Gasteiger partial charge in [0.1, 0.15) is 0 Å². The number of nitriles is 1. The molecule has 19 heavy (non-hydrogen) atoms. The van der Waals surface area contributed by atoms with Crippen LogP contribution in [0.5, 0.6) is 5.88 Å². The SMILES string of the molecule is COc1cc(-c2ccc(C#N)cc2)c(Br)c(NN)n1. The molecule has 0 unspecified atom stereocenters. The van der Waals surface area contributed by atoms with E-state index in [1.807, 2.05) is 12.1 Å². The highest BCUT2D eigenvalue weighted by atomic mass is 79.9. The van der Waals surface area contributed by atoms with Crippen molar-refractivity contribution in [2.75, 3.05) is 12.5 Å². The first-order valence-electron chi connectivity index (χ1n) is 5.41. The van der Waals surface area contributed by atoms with E-state index in [1.54, 1.807) is 25.3 Å². The Hall–Kier alpha value is -2.10. The number of nitrogens with two attached hydrogens (primary N) is 1. The number of hydrogen-bond donors (Lipinski definition) is 2. The number of hydrogen-bond acceptors (Lipinski definition) is 5. The zero-order valence-corrected chi connectivity index (χ0v) is 11.7. The number of rotatable bonds is 3. The second-order valence-corrected chi connectivity index (χ2v) is 4.50. The Morgan fingerprint density at radius 3 is 2.58 bits per heavy atom. The van der Waals surface area contributed by atoms with Gasteiger partial charge in [0, 0.05) is 11.6 Å². The van der Waals surface area contributed by atoms with Crippen molar-refractivity contribution < 1.29 is 4.74 Å². The van der Waals surface area contributed by atoms with Gasteiger partial charge in [0.25, 0.3) is 0 Å². The molecule has 2 aromatic rings. The van der Waals surface area contributed by atoms with Crippen LogP contribution in [0.2, 0.25) is 0 Å². The van der Waals surface area contributed by atoms with E-state index in [2.05, 4.69) is 32.4 Å². The first kappa shape index (κ1) is 13.3. The summed E-state index contributed by atoms with van der Waals surface area (Å²) < 4.78 is 5.88. The number of anilines is 1. The molecule has 1 aromatic heterocycles. The molecule has 6 heteroatoms. The fraction of sp³-hybridized carbons (Fsp3) is 0.0769. The smallest absolute Gasteiger partial charge is 0.215 e. The molecule has 0 aliphatic heterocycles. The summed E-state index contributed by atoms with van der Waals surface area (Å²) in [6.07, 6.45) is 0. The number of aromatic nitrogens is 1. The third kappa shape index (κ3) is 2.67. The van der Waals surface area contributed by atoms with Crippen LogP contribution >= 0.6 is 15.9 Å². The van der Waals surface area contributed by atoms with E-state index in [-0.39, 0.29) is 0 Å². The largest absolute Gasteiger partial charge is 0.481 e. The van der Waals surface area contributed by atoms with E-state index < -0.39 is 0 Å². The van der Waals surface area contributed by atoms with Gasteiger partial charge in [-0.3, -0.25) is 0 Å². The van der Waals surface area contributed by atoms with Crippen molar-refractivity contribution >= 4 is 21.7 Å². The van der Waals surface area contributed by atoms with Crippen molar-refractivity contribution in [3.05, 3.63) is 40.4 Å². The highest BCUT2D eigenvalue weighted by molar-refractivity contribution is 9.10. The standard InChI is InChI=1S/C13H11BrN4O/c1-19-11-6-10(12(14)13(17-11)18-16)9-4-2-8(7-15)3-5-9/h2-6H,16H2,1H3,(H,17,18). The lowest BCUT2D eigenvalue weighted by molar-refractivity contribution is 0.398. The molecule has 1 aromatic carbocycles. The normalized spacial score (nSPS) is 9.79. The molecular weight excluding hydrogens is 308 g/mol. The first-order chi connectivity index (χ1) is 9.19. The Morgan fingerprint density at radius 1 is 1.37 bits per heavy atom. The van der Waals surface area contributed by atoms with Crippen LogP contribution in [0.15, 0.2) is 34.8 Å². The number of ether oxygens (including phenoxy) is 1. The van der Waals surface area contributed by atoms with Gasteiger partial charge in [0.15, 0.2) is 5.82 Å². The molecule has 3 N–H and O–H groups in total. The Bertz CT molecular complexity index is 634. The Labute approximate surface area is 119 Å². The van der Waals surface area contributed by atoms with Crippen LogP contribution in [0.3, 0.4) is 0 Å². The van der Waals surface area contributed by atoms with Gasteiger partial charge in [-0.25, -0.2) is 5.84 Å². The summed E-state index contributed by atoms with van der Waals surface area (Å²) >= 11 is 3.45. The zero-order chi connectivity index (χ0) is 13.8. The average molecular weight is 319 g/mol. The summed E-state index contributed by atoms with van der Waals surface area (Å²) in [5.74, 6) is 6.36. The van der Waals surface area contributed by atoms with Crippen LogP contribution < -0.4 is 16.0 Å². The molecule has 0 bridgehead atoms. The van der Waals surface area contributed by atoms with E-state index >= 15 is 0 Å². The summed E-state index contributed by atoms with van der Waals surface area (Å²) in [6, 6.07) is 11.1. The molecule has 0 radical (unpaired) electrons. The van der Waals surface area contributed by atoms with Crippen molar-refractivity contribution in [2.45, 2.75) is 0 Å². The van der Waals surface area contributed by atoms with E-state index in [9.17, 15) is 0 Å². The highest BCUT2D eigenvalue weighted by Crippen LogP contribution is 2.35. The molecule has 0 aliphatic rings. The van der Waals surface area contributed by atoms with Gasteiger partial charge < -0.3 is 10.2 Å². The third-order valence-electron chi connectivity index (χ3n) is 2.61. The summed E-state index contributed by atoms with van der Waals surface area (Å²) in [6.45, 7) is 0. The summed E-state index contributed by atoms with van der Waals surface area (Å²) in [4.78, 5) is 4.17. The molecule has 0 amide bonds. The minimum absolute atomic E-state index is 0.454. The van der Waals surface area contributed by atoms with E-state index in [1.165, 1.54) is 0 Å². The van der Waals surface area contributed by atoms with E-state index in [0.717, 1.165) is 15.6 Å². The molecule has 1 heterocycles. The van der Waals surface area contributed by atoms with Gasteiger partial charge in [-0.1, -0.05) is 12.1 Å². The summed E-state index contributed by atoms with van der Waals surface area (Å²) in [5, 5.41) is 8.80. The van der Waals surface area contributed by atoms with Crippen molar-refractivity contribution in [3.63, 3.8) is 0 Å². The van der Waals surface area contributed by atoms with Gasteiger partial charge >= 0.3 is 0 Å². The van der Waals surface area contributed by atoms with Gasteiger partial charge in [-0.15, -0.1) is 0 Å². The molecule has 0 spiro atoms. The van der Waals surface area contributed by atoms with Gasteiger partial charge in [0.2, 0.25) is 5.88 Å². The number of benzene rings is 1. The van der Waals surface area contributed by atoms with Gasteiger partial charge in [0.05, 0.1) is 23.2 Å². The van der Waals surface area contributed by atoms with Crippen molar-refractivity contribution in [2.24, 2.45) is 5.84 Å². The summed E-state index contributed by atoms with van der Waals surface area (Å²) in [7, 11) is 1.54. The van der Waals surface area contributed by atoms with E-state index in [4.69, 9.17) is 15.8 Å². The number of nitrogen functional groups attached to an aromatic ring is 1. The van der Waals surface area contributed by atoms with Crippen LogP contribution in [0.4, 0.5) is 5.82 Å².